The third-order valence-electron chi connectivity index (χ3n) is 2.63. The van der Waals surface area contributed by atoms with Crippen molar-refractivity contribution in [3.05, 3.63) is 35.4 Å². The summed E-state index contributed by atoms with van der Waals surface area (Å²) in [5, 5.41) is 0. The number of hydrogen-bond donors (Lipinski definition) is 0. The monoisotopic (exact) mass is 404 g/mol. The van der Waals surface area contributed by atoms with Gasteiger partial charge in [-0.2, -0.15) is 26.7 Å². The predicted octanol–water partition coefficient (Wildman–Crippen LogP) is 2.08. The first-order chi connectivity index (χ1) is 9.87. The van der Waals surface area contributed by atoms with Gasteiger partial charge in [0, 0.05) is 0 Å². The van der Waals surface area contributed by atoms with E-state index in [1.54, 1.807) is 0 Å². The van der Waals surface area contributed by atoms with E-state index in [2.05, 4.69) is 0 Å². The van der Waals surface area contributed by atoms with Gasteiger partial charge >= 0.3 is 14.1 Å². The molecule has 8 heteroatoms. The first kappa shape index (κ1) is 21.8. The maximum Gasteiger partial charge on any atom is 0.416 e. The minimum Gasteiger partial charge on any atom is -1.00 e. The molecular formula is C14H21BrF3O3P. The topological polar surface area (TPSA) is 27.7 Å². The van der Waals surface area contributed by atoms with Gasteiger partial charge in [0.25, 0.3) is 0 Å². The molecule has 0 bridgehead atoms. The predicted molar refractivity (Wildman–Crippen MR) is 76.9 cm³/mol. The van der Waals surface area contributed by atoms with Crippen molar-refractivity contribution in [1.82, 2.24) is 0 Å². The van der Waals surface area contributed by atoms with Gasteiger partial charge in [-0.15, -0.1) is 0 Å². The van der Waals surface area contributed by atoms with Crippen LogP contribution in [0, 0.1) is 0 Å². The molecule has 0 aliphatic heterocycles. The van der Waals surface area contributed by atoms with E-state index in [9.17, 15) is 13.2 Å². The summed E-state index contributed by atoms with van der Waals surface area (Å²) >= 11 is 0. The highest BCUT2D eigenvalue weighted by Crippen LogP contribution is 2.64. The lowest BCUT2D eigenvalue weighted by Gasteiger charge is -2.21. The second-order valence-corrected chi connectivity index (χ2v) is 6.53. The van der Waals surface area contributed by atoms with Crippen LogP contribution in [0.3, 0.4) is 0 Å². The van der Waals surface area contributed by atoms with Crippen LogP contribution in [-0.2, 0) is 25.9 Å². The van der Waals surface area contributed by atoms with Gasteiger partial charge in [0.2, 0.25) is 0 Å². The van der Waals surface area contributed by atoms with Crippen LogP contribution in [0.5, 0.6) is 0 Å². The molecular weight excluding hydrogens is 384 g/mol. The Kier molecular flexibility index (Phi) is 9.74. The van der Waals surface area contributed by atoms with Gasteiger partial charge in [-0.25, -0.2) is 0 Å². The normalized spacial score (nSPS) is 12.1. The summed E-state index contributed by atoms with van der Waals surface area (Å²) in [6.45, 7) is 6.77. The van der Waals surface area contributed by atoms with E-state index in [-0.39, 0.29) is 17.0 Å². The summed E-state index contributed by atoms with van der Waals surface area (Å²) in [6, 6.07) is 5.00. The molecule has 0 aliphatic rings. The molecule has 0 aliphatic carbocycles. The molecule has 0 fully saturated rings. The Morgan fingerprint density at radius 2 is 1.27 bits per heavy atom. The zero-order chi connectivity index (χ0) is 15.9. The van der Waals surface area contributed by atoms with Crippen LogP contribution >= 0.6 is 7.94 Å². The molecule has 22 heavy (non-hydrogen) atoms. The summed E-state index contributed by atoms with van der Waals surface area (Å²) in [4.78, 5) is 0. The molecule has 0 heterocycles. The molecule has 0 saturated heterocycles. The van der Waals surface area contributed by atoms with Crippen molar-refractivity contribution in [1.29, 1.82) is 0 Å². The molecule has 0 radical (unpaired) electrons. The molecule has 0 N–H and O–H groups in total. The fourth-order valence-corrected chi connectivity index (χ4v) is 4.20. The molecule has 0 spiro atoms. The smallest absolute Gasteiger partial charge is 0.416 e. The molecule has 0 atom stereocenters. The SMILES string of the molecule is CCO[P+](Cc1ccc(C(F)(F)F)cc1)(OCC)OCC.[Br-]. The van der Waals surface area contributed by atoms with Crippen molar-refractivity contribution in [2.24, 2.45) is 0 Å². The number of rotatable bonds is 8. The maximum absolute atomic E-state index is 12.6. The highest BCUT2D eigenvalue weighted by Gasteiger charge is 2.44. The van der Waals surface area contributed by atoms with E-state index in [0.717, 1.165) is 12.1 Å². The van der Waals surface area contributed by atoms with E-state index in [1.165, 1.54) is 12.1 Å². The average molecular weight is 405 g/mol. The molecule has 128 valence electrons. The zero-order valence-electron chi connectivity index (χ0n) is 12.8. The van der Waals surface area contributed by atoms with Crippen molar-refractivity contribution >= 4 is 7.94 Å². The number of hydrogen-bond acceptors (Lipinski definition) is 3. The van der Waals surface area contributed by atoms with Crippen molar-refractivity contribution in [2.45, 2.75) is 33.1 Å². The quantitative estimate of drug-likeness (QED) is 0.621. The molecule has 0 saturated carbocycles. The third-order valence-corrected chi connectivity index (χ3v) is 5.34. The van der Waals surface area contributed by atoms with E-state index in [4.69, 9.17) is 13.6 Å². The van der Waals surface area contributed by atoms with Gasteiger partial charge in [-0.1, -0.05) is 12.1 Å². The van der Waals surface area contributed by atoms with E-state index < -0.39 is 19.7 Å². The Hall–Kier alpha value is -0.200. The van der Waals surface area contributed by atoms with Gasteiger partial charge in [-0.3, -0.25) is 0 Å². The molecule has 0 amide bonds. The van der Waals surface area contributed by atoms with Crippen LogP contribution in [0.2, 0.25) is 0 Å². The molecule has 0 unspecified atom stereocenters. The van der Waals surface area contributed by atoms with Crippen LogP contribution in [0.1, 0.15) is 31.9 Å². The van der Waals surface area contributed by atoms with Crippen molar-refractivity contribution in [2.75, 3.05) is 19.8 Å². The Morgan fingerprint density at radius 1 is 0.864 bits per heavy atom. The first-order valence-electron chi connectivity index (χ1n) is 6.84. The van der Waals surface area contributed by atoms with Crippen LogP contribution in [0.4, 0.5) is 13.2 Å². The second kappa shape index (κ2) is 9.83. The maximum atomic E-state index is 12.6. The Morgan fingerprint density at radius 3 is 1.59 bits per heavy atom. The highest BCUT2D eigenvalue weighted by atomic mass is 79.9. The van der Waals surface area contributed by atoms with Crippen molar-refractivity contribution in [3.8, 4) is 0 Å². The van der Waals surface area contributed by atoms with Gasteiger partial charge in [0.05, 0.1) is 25.4 Å². The van der Waals surface area contributed by atoms with E-state index in [1.807, 2.05) is 20.8 Å². The van der Waals surface area contributed by atoms with Gasteiger partial charge < -0.3 is 17.0 Å². The van der Waals surface area contributed by atoms with Crippen LogP contribution < -0.4 is 17.0 Å². The van der Waals surface area contributed by atoms with Gasteiger partial charge in [-0.05, 0) is 38.5 Å². The van der Waals surface area contributed by atoms with Crippen molar-refractivity contribution < 1.29 is 43.7 Å². The van der Waals surface area contributed by atoms with E-state index >= 15 is 0 Å². The fraction of sp³-hybridized carbons (Fsp3) is 0.571. The molecule has 3 nitrogen and oxygen atoms in total. The largest absolute Gasteiger partial charge is 1.00 e. The standard InChI is InChI=1S/C14H21F3O3P.BrH/c1-4-18-21(19-5-2,20-6-3)11-12-7-9-13(10-8-12)14(15,16)17;/h7-10H,4-6,11H2,1-3H3;1H/q+1;/p-1. The number of halogens is 4. The molecule has 0 aromatic heterocycles. The van der Waals surface area contributed by atoms with Gasteiger partial charge in [0.1, 0.15) is 0 Å². The number of alkyl halides is 3. The van der Waals surface area contributed by atoms with Crippen LogP contribution in [0.25, 0.3) is 0 Å². The fourth-order valence-electron chi connectivity index (χ4n) is 1.86. The minimum absolute atomic E-state index is 0. The summed E-state index contributed by atoms with van der Waals surface area (Å²) in [7, 11) is -2.56. The lowest BCUT2D eigenvalue weighted by atomic mass is 10.1. The summed E-state index contributed by atoms with van der Waals surface area (Å²) in [5.74, 6) is 0. The average Bonchev–Trinajstić information content (AvgIpc) is 2.39. The Balaban J connectivity index is 0.00000441. The van der Waals surface area contributed by atoms with Crippen LogP contribution in [0.15, 0.2) is 24.3 Å². The summed E-state index contributed by atoms with van der Waals surface area (Å²) in [5.41, 5.74) is 0.0334. The molecule has 1 aromatic carbocycles. The third kappa shape index (κ3) is 6.50. The Labute approximate surface area is 140 Å². The number of benzene rings is 1. The molecule has 1 rings (SSSR count). The lowest BCUT2D eigenvalue weighted by Crippen LogP contribution is -3.00. The summed E-state index contributed by atoms with van der Waals surface area (Å²) < 4.78 is 54.6. The zero-order valence-corrected chi connectivity index (χ0v) is 15.3. The van der Waals surface area contributed by atoms with Crippen molar-refractivity contribution in [3.63, 3.8) is 0 Å². The Bertz CT molecular complexity index is 409. The van der Waals surface area contributed by atoms with E-state index in [0.29, 0.717) is 31.5 Å². The lowest BCUT2D eigenvalue weighted by molar-refractivity contribution is -0.137. The van der Waals surface area contributed by atoms with Gasteiger partial charge in [0.15, 0.2) is 6.16 Å². The van der Waals surface area contributed by atoms with Crippen LogP contribution in [-0.4, -0.2) is 19.8 Å². The summed E-state index contributed by atoms with van der Waals surface area (Å²) in [6.07, 6.45) is -3.99. The second-order valence-electron chi connectivity index (χ2n) is 4.22. The molecule has 1 aromatic rings. The minimum atomic E-state index is -4.33. The first-order valence-corrected chi connectivity index (χ1v) is 8.57. The highest BCUT2D eigenvalue weighted by molar-refractivity contribution is 7.60.